The number of anilines is 2. The highest BCUT2D eigenvalue weighted by molar-refractivity contribution is 5.93. The first-order valence-corrected chi connectivity index (χ1v) is 12.6. The molecule has 0 radical (unpaired) electrons. The number of aryl methyl sites for hydroxylation is 1. The fourth-order valence-corrected chi connectivity index (χ4v) is 4.70. The topological polar surface area (TPSA) is 112 Å². The Morgan fingerprint density at radius 3 is 2.83 bits per heavy atom. The van der Waals surface area contributed by atoms with Crippen molar-refractivity contribution in [1.82, 2.24) is 24.1 Å². The molecule has 1 amide bonds. The molecular weight excluding hydrogens is 535 g/mol. The van der Waals surface area contributed by atoms with Crippen LogP contribution in [0.15, 0.2) is 73.0 Å². The van der Waals surface area contributed by atoms with Crippen LogP contribution in [0, 0.1) is 18.8 Å². The summed E-state index contributed by atoms with van der Waals surface area (Å²) in [6, 6.07) is 4.61. The van der Waals surface area contributed by atoms with Crippen LogP contribution in [0.5, 0.6) is 0 Å². The van der Waals surface area contributed by atoms with Gasteiger partial charge in [-0.2, -0.15) is 18.3 Å². The molecule has 1 unspecified atom stereocenters. The van der Waals surface area contributed by atoms with Gasteiger partial charge in [-0.3, -0.25) is 13.9 Å². The van der Waals surface area contributed by atoms with E-state index in [0.29, 0.717) is 36.0 Å². The average Bonchev–Trinajstić information content (AvgIpc) is 3.57. The second kappa shape index (κ2) is 10.9. The number of nitrogens with one attached hydrogen (secondary N) is 1. The number of carbonyl (C=O) groups is 1. The van der Waals surface area contributed by atoms with Crippen LogP contribution in [0.3, 0.4) is 0 Å². The van der Waals surface area contributed by atoms with E-state index < -0.39 is 23.9 Å². The lowest BCUT2D eigenvalue weighted by Crippen LogP contribution is -2.43. The molecule has 0 aliphatic heterocycles. The summed E-state index contributed by atoms with van der Waals surface area (Å²) in [5, 5.41) is 7.45. The Morgan fingerprint density at radius 1 is 1.24 bits per heavy atom. The molecule has 1 atom stereocenters. The van der Waals surface area contributed by atoms with E-state index in [0.717, 1.165) is 11.6 Å². The molecule has 0 saturated heterocycles. The highest BCUT2D eigenvalue weighted by Gasteiger charge is 2.56. The quantitative estimate of drug-likeness (QED) is 0.327. The summed E-state index contributed by atoms with van der Waals surface area (Å²) in [6.45, 7) is 2.88. The number of hydrogen-bond donors (Lipinski definition) is 2. The van der Waals surface area contributed by atoms with E-state index in [1.54, 1.807) is 53.8 Å². The van der Waals surface area contributed by atoms with Crippen molar-refractivity contribution < 1.29 is 22.7 Å². The van der Waals surface area contributed by atoms with Crippen molar-refractivity contribution in [2.24, 2.45) is 5.73 Å². The smallest absolute Gasteiger partial charge is 0.383 e. The molecule has 41 heavy (non-hydrogen) atoms. The maximum Gasteiger partial charge on any atom is 0.402 e. The highest BCUT2D eigenvalue weighted by Crippen LogP contribution is 2.49. The molecule has 210 valence electrons. The SMILES string of the molecule is COCCn1cc(Nc2nccn3c(C#Cc4cc(C)ccc4C4(C(F)(F)F)C=CC=C(C(N)=O)C4)cnc23)cn1. The molecule has 9 nitrogen and oxygen atoms in total. The molecule has 0 fully saturated rings. The summed E-state index contributed by atoms with van der Waals surface area (Å²) in [6.07, 6.45) is 6.50. The largest absolute Gasteiger partial charge is 0.402 e. The Kier molecular flexibility index (Phi) is 7.38. The monoisotopic (exact) mass is 561 g/mol. The van der Waals surface area contributed by atoms with Gasteiger partial charge >= 0.3 is 6.18 Å². The average molecular weight is 562 g/mol. The number of fused-ring (bicyclic) bond motifs is 1. The normalized spacial score (nSPS) is 16.8. The van der Waals surface area contributed by atoms with Gasteiger partial charge in [0, 0.05) is 36.8 Å². The second-order valence-electron chi connectivity index (χ2n) is 9.58. The number of halogens is 3. The van der Waals surface area contributed by atoms with E-state index >= 15 is 0 Å². The van der Waals surface area contributed by atoms with E-state index in [1.165, 1.54) is 24.4 Å². The zero-order valence-corrected chi connectivity index (χ0v) is 22.2. The molecule has 3 N–H and O–H groups in total. The zero-order chi connectivity index (χ0) is 29.2. The number of alkyl halides is 3. The number of nitrogens with zero attached hydrogens (tertiary/aromatic N) is 5. The Bertz CT molecular complexity index is 1740. The number of nitrogens with two attached hydrogens (primary N) is 1. The summed E-state index contributed by atoms with van der Waals surface area (Å²) in [7, 11) is 1.62. The number of ether oxygens (including phenoxy) is 1. The molecular formula is C29H26F3N7O2. The summed E-state index contributed by atoms with van der Waals surface area (Å²) in [5.41, 5.74) is 5.28. The molecule has 1 aliphatic carbocycles. The van der Waals surface area contributed by atoms with Crippen molar-refractivity contribution in [3.8, 4) is 11.8 Å². The van der Waals surface area contributed by atoms with Crippen LogP contribution in [-0.4, -0.2) is 49.9 Å². The van der Waals surface area contributed by atoms with Crippen LogP contribution in [0.1, 0.15) is 28.8 Å². The predicted octanol–water partition coefficient (Wildman–Crippen LogP) is 4.20. The minimum Gasteiger partial charge on any atom is -0.383 e. The van der Waals surface area contributed by atoms with Crippen LogP contribution in [-0.2, 0) is 21.5 Å². The second-order valence-corrected chi connectivity index (χ2v) is 9.58. The fourth-order valence-electron chi connectivity index (χ4n) is 4.70. The van der Waals surface area contributed by atoms with E-state index in [4.69, 9.17) is 10.5 Å². The van der Waals surface area contributed by atoms with Crippen LogP contribution in [0.4, 0.5) is 24.7 Å². The van der Waals surface area contributed by atoms with E-state index in [1.807, 2.05) is 6.20 Å². The number of methoxy groups -OCH3 is 1. The summed E-state index contributed by atoms with van der Waals surface area (Å²) < 4.78 is 52.6. The van der Waals surface area contributed by atoms with Gasteiger partial charge in [-0.25, -0.2) is 9.97 Å². The Balaban J connectivity index is 1.52. The number of allylic oxidation sites excluding steroid dienone is 3. The number of aromatic nitrogens is 5. The van der Waals surface area contributed by atoms with Crippen molar-refractivity contribution in [3.63, 3.8) is 0 Å². The number of amides is 1. The first kappa shape index (κ1) is 27.7. The molecule has 4 aromatic rings. The van der Waals surface area contributed by atoms with Crippen molar-refractivity contribution in [1.29, 1.82) is 0 Å². The maximum absolute atomic E-state index is 14.7. The molecule has 0 spiro atoms. The highest BCUT2D eigenvalue weighted by atomic mass is 19.4. The molecule has 5 rings (SSSR count). The van der Waals surface area contributed by atoms with Gasteiger partial charge in [0.15, 0.2) is 11.5 Å². The fraction of sp³-hybridized carbons (Fsp3) is 0.241. The number of primary amides is 1. The third kappa shape index (κ3) is 5.44. The van der Waals surface area contributed by atoms with Crippen LogP contribution in [0.25, 0.3) is 5.65 Å². The first-order chi connectivity index (χ1) is 19.6. The Labute approximate surface area is 233 Å². The number of benzene rings is 1. The van der Waals surface area contributed by atoms with Crippen molar-refractivity contribution in [2.75, 3.05) is 19.0 Å². The van der Waals surface area contributed by atoms with E-state index in [-0.39, 0.29) is 16.7 Å². The van der Waals surface area contributed by atoms with Gasteiger partial charge < -0.3 is 15.8 Å². The number of hydrogen-bond acceptors (Lipinski definition) is 6. The lowest BCUT2D eigenvalue weighted by atomic mass is 9.70. The predicted molar refractivity (Wildman–Crippen MR) is 146 cm³/mol. The molecule has 12 heteroatoms. The molecule has 0 saturated carbocycles. The van der Waals surface area contributed by atoms with E-state index in [9.17, 15) is 18.0 Å². The molecule has 1 aliphatic rings. The van der Waals surface area contributed by atoms with Gasteiger partial charge in [-0.05, 0) is 36.5 Å². The first-order valence-electron chi connectivity index (χ1n) is 12.6. The summed E-state index contributed by atoms with van der Waals surface area (Å²) in [5.74, 6) is 5.47. The third-order valence-electron chi connectivity index (χ3n) is 6.80. The van der Waals surface area contributed by atoms with Crippen molar-refractivity contribution in [2.45, 2.75) is 31.5 Å². The molecule has 3 aromatic heterocycles. The Hall–Kier alpha value is -4.89. The van der Waals surface area contributed by atoms with Gasteiger partial charge in [0.25, 0.3) is 0 Å². The third-order valence-corrected chi connectivity index (χ3v) is 6.80. The standard InChI is InChI=1S/C29H26F3N7O2/c1-19-5-8-24(28(29(30,31)32)9-3-4-21(15-28)25(33)40)20(14-19)6-7-23-17-35-27-26(34-10-11-39(23)27)37-22-16-36-38(18-22)12-13-41-2/h3-5,8-11,14,16-18H,12-13,15H2,1-2H3,(H2,33,40)(H,34,37). The van der Waals surface area contributed by atoms with Crippen LogP contribution < -0.4 is 11.1 Å². The minimum atomic E-state index is -4.71. The molecule has 1 aromatic carbocycles. The minimum absolute atomic E-state index is 0.0606. The van der Waals surface area contributed by atoms with Gasteiger partial charge in [0.1, 0.15) is 11.1 Å². The van der Waals surface area contributed by atoms with Gasteiger partial charge in [-0.15, -0.1) is 0 Å². The van der Waals surface area contributed by atoms with Gasteiger partial charge in [0.05, 0.1) is 31.2 Å². The van der Waals surface area contributed by atoms with Crippen molar-refractivity contribution >= 4 is 23.1 Å². The summed E-state index contributed by atoms with van der Waals surface area (Å²) >= 11 is 0. The maximum atomic E-state index is 14.7. The van der Waals surface area contributed by atoms with Gasteiger partial charge in [0.2, 0.25) is 5.91 Å². The van der Waals surface area contributed by atoms with Crippen LogP contribution >= 0.6 is 0 Å². The van der Waals surface area contributed by atoms with Crippen molar-refractivity contribution in [3.05, 3.63) is 95.4 Å². The number of rotatable bonds is 7. The lowest BCUT2D eigenvalue weighted by Gasteiger charge is -2.36. The summed E-state index contributed by atoms with van der Waals surface area (Å²) in [4.78, 5) is 20.6. The molecule has 0 bridgehead atoms. The van der Waals surface area contributed by atoms with Gasteiger partial charge in [-0.1, -0.05) is 36.3 Å². The molecule has 3 heterocycles. The number of imidazole rings is 1. The zero-order valence-electron chi connectivity index (χ0n) is 22.2. The lowest BCUT2D eigenvalue weighted by molar-refractivity contribution is -0.176. The Morgan fingerprint density at radius 2 is 2.07 bits per heavy atom. The van der Waals surface area contributed by atoms with E-state index in [2.05, 4.69) is 32.2 Å². The number of carbonyl (C=O) groups excluding carboxylic acids is 1. The van der Waals surface area contributed by atoms with Crippen LogP contribution in [0.2, 0.25) is 0 Å².